The van der Waals surface area contributed by atoms with Crippen molar-refractivity contribution in [3.8, 4) is 5.75 Å². The number of hydrogen-bond donors (Lipinski definition) is 1. The highest BCUT2D eigenvalue weighted by atomic mass is 35.5. The lowest BCUT2D eigenvalue weighted by Crippen LogP contribution is -2.36. The van der Waals surface area contributed by atoms with Crippen LogP contribution in [-0.2, 0) is 11.4 Å². The maximum atomic E-state index is 14.1. The molecule has 2 aromatic carbocycles. The van der Waals surface area contributed by atoms with Gasteiger partial charge in [-0.2, -0.15) is 4.98 Å². The second-order valence-electron chi connectivity index (χ2n) is 9.93. The predicted molar refractivity (Wildman–Crippen MR) is 140 cm³/mol. The van der Waals surface area contributed by atoms with Gasteiger partial charge in [0.25, 0.3) is 0 Å². The number of aromatic nitrogens is 3. The number of carbonyl (C=O) groups excluding carboxylic acids is 1. The third-order valence-electron chi connectivity index (χ3n) is 6.39. The maximum Gasteiger partial charge on any atom is 0.227 e. The number of benzene rings is 2. The molecule has 0 saturated heterocycles. The van der Waals surface area contributed by atoms with Gasteiger partial charge in [0.2, 0.25) is 11.1 Å². The molecule has 5 rings (SSSR count). The lowest BCUT2D eigenvalue weighted by molar-refractivity contribution is -0.118. The number of carbonyl (C=O) groups is 1. The summed E-state index contributed by atoms with van der Waals surface area (Å²) in [6.45, 7) is 6.36. The standard InChI is InChI=1S/C27H28ClFN4O2S/c1-4-12-36-26-31-25-30-21-13-27(2,3)14-22(34)23(21)24(33(25)32-26)16-8-10-17(11-9-16)35-15-18-19(28)6-5-7-20(18)29/h5-11,24H,4,12-15H2,1-3H3,(H,30,31,32). The Morgan fingerprint density at radius 3 is 2.72 bits per heavy atom. The van der Waals surface area contributed by atoms with Crippen LogP contribution in [0.1, 0.15) is 57.2 Å². The summed E-state index contributed by atoms with van der Waals surface area (Å²) in [5, 5.41) is 9.18. The number of anilines is 1. The van der Waals surface area contributed by atoms with Crippen LogP contribution in [0.3, 0.4) is 0 Å². The zero-order valence-corrected chi connectivity index (χ0v) is 22.0. The number of rotatable bonds is 7. The van der Waals surface area contributed by atoms with Gasteiger partial charge in [-0.15, -0.1) is 5.10 Å². The molecule has 3 aromatic rings. The Morgan fingerprint density at radius 1 is 1.22 bits per heavy atom. The molecule has 1 aliphatic carbocycles. The number of halogens is 2. The summed E-state index contributed by atoms with van der Waals surface area (Å²) < 4.78 is 21.7. The van der Waals surface area contributed by atoms with Crippen LogP contribution in [-0.4, -0.2) is 26.3 Å². The molecule has 6 nitrogen and oxygen atoms in total. The van der Waals surface area contributed by atoms with E-state index >= 15 is 0 Å². The fourth-order valence-corrected chi connectivity index (χ4v) is 5.63. The molecule has 0 bridgehead atoms. The van der Waals surface area contributed by atoms with E-state index in [4.69, 9.17) is 26.4 Å². The van der Waals surface area contributed by atoms with Crippen molar-refractivity contribution in [3.63, 3.8) is 0 Å². The minimum Gasteiger partial charge on any atom is -0.489 e. The SMILES string of the molecule is CCCSc1nc2n(n1)C(c1ccc(OCc3c(F)cccc3Cl)cc1)C1=C(CC(C)(C)CC1=O)N2. The smallest absolute Gasteiger partial charge is 0.227 e. The summed E-state index contributed by atoms with van der Waals surface area (Å²) in [7, 11) is 0. The van der Waals surface area contributed by atoms with Crippen LogP contribution in [0.4, 0.5) is 10.3 Å². The normalized spacial score (nSPS) is 18.5. The first-order valence-corrected chi connectivity index (χ1v) is 13.4. The average molecular weight is 527 g/mol. The molecule has 0 radical (unpaired) electrons. The van der Waals surface area contributed by atoms with Crippen LogP contribution in [0.2, 0.25) is 5.02 Å². The Labute approximate surface area is 219 Å². The summed E-state index contributed by atoms with van der Waals surface area (Å²) in [5.74, 6) is 1.87. The Hall–Kier alpha value is -2.84. The lowest BCUT2D eigenvalue weighted by Gasteiger charge is -2.38. The number of thioether (sulfide) groups is 1. The van der Waals surface area contributed by atoms with E-state index in [2.05, 4.69) is 26.1 Å². The third-order valence-corrected chi connectivity index (χ3v) is 7.79. The molecule has 1 atom stereocenters. The van der Waals surface area contributed by atoms with E-state index in [-0.39, 0.29) is 23.8 Å². The summed E-state index contributed by atoms with van der Waals surface area (Å²) in [6.07, 6.45) is 2.27. The topological polar surface area (TPSA) is 69.0 Å². The van der Waals surface area contributed by atoms with Crippen LogP contribution < -0.4 is 10.1 Å². The Morgan fingerprint density at radius 2 is 2.00 bits per heavy atom. The fraction of sp³-hybridized carbons (Fsp3) is 0.370. The summed E-state index contributed by atoms with van der Waals surface area (Å²) in [4.78, 5) is 18.1. The van der Waals surface area contributed by atoms with Crippen LogP contribution in [0.25, 0.3) is 0 Å². The molecule has 9 heteroatoms. The molecular formula is C27H28ClFN4O2S. The highest BCUT2D eigenvalue weighted by Crippen LogP contribution is 2.45. The quantitative estimate of drug-likeness (QED) is 0.341. The zero-order valence-electron chi connectivity index (χ0n) is 20.5. The molecule has 0 spiro atoms. The molecule has 0 fully saturated rings. The monoisotopic (exact) mass is 526 g/mol. The minimum atomic E-state index is -0.400. The number of nitrogens with zero attached hydrogens (tertiary/aromatic N) is 3. The molecule has 2 heterocycles. The van der Waals surface area contributed by atoms with Gasteiger partial charge in [0.15, 0.2) is 5.78 Å². The van der Waals surface area contributed by atoms with Crippen molar-refractivity contribution in [1.82, 2.24) is 14.8 Å². The van der Waals surface area contributed by atoms with E-state index in [1.165, 1.54) is 6.07 Å². The molecular weight excluding hydrogens is 499 g/mol. The molecule has 188 valence electrons. The zero-order chi connectivity index (χ0) is 25.4. The largest absolute Gasteiger partial charge is 0.489 e. The van der Waals surface area contributed by atoms with Crippen molar-refractivity contribution in [1.29, 1.82) is 0 Å². The number of allylic oxidation sites excluding steroid dienone is 2. The minimum absolute atomic E-state index is 0.0201. The molecule has 2 aliphatic rings. The van der Waals surface area contributed by atoms with E-state index in [0.29, 0.717) is 33.9 Å². The van der Waals surface area contributed by atoms with E-state index < -0.39 is 5.82 Å². The summed E-state index contributed by atoms with van der Waals surface area (Å²) in [6, 6.07) is 11.7. The number of ether oxygens (including phenoxy) is 1. The van der Waals surface area contributed by atoms with Crippen LogP contribution in [0.15, 0.2) is 58.9 Å². The van der Waals surface area contributed by atoms with Gasteiger partial charge >= 0.3 is 0 Å². The van der Waals surface area contributed by atoms with Gasteiger partial charge in [0.1, 0.15) is 24.2 Å². The summed E-state index contributed by atoms with van der Waals surface area (Å²) in [5.41, 5.74) is 2.76. The Bertz CT molecular complexity index is 1320. The molecule has 36 heavy (non-hydrogen) atoms. The van der Waals surface area contributed by atoms with Crippen LogP contribution >= 0.6 is 23.4 Å². The highest BCUT2D eigenvalue weighted by Gasteiger charge is 2.41. The maximum absolute atomic E-state index is 14.1. The van der Waals surface area contributed by atoms with Crippen LogP contribution in [0.5, 0.6) is 5.75 Å². The van der Waals surface area contributed by atoms with Gasteiger partial charge in [-0.1, -0.05) is 62.3 Å². The van der Waals surface area contributed by atoms with Crippen molar-refractivity contribution >= 4 is 35.1 Å². The van der Waals surface area contributed by atoms with Crippen LogP contribution in [0, 0.1) is 11.2 Å². The summed E-state index contributed by atoms with van der Waals surface area (Å²) >= 11 is 7.73. The fourth-order valence-electron chi connectivity index (χ4n) is 4.72. The molecule has 1 unspecified atom stereocenters. The number of ketones is 1. The van der Waals surface area contributed by atoms with Crippen molar-refractivity contribution < 1.29 is 13.9 Å². The first kappa shape index (κ1) is 24.8. The van der Waals surface area contributed by atoms with E-state index in [1.807, 2.05) is 28.9 Å². The predicted octanol–water partition coefficient (Wildman–Crippen LogP) is 6.81. The van der Waals surface area contributed by atoms with Gasteiger partial charge in [-0.3, -0.25) is 4.79 Å². The number of hydrogen-bond acceptors (Lipinski definition) is 6. The van der Waals surface area contributed by atoms with Crippen molar-refractivity contribution in [2.24, 2.45) is 5.41 Å². The van der Waals surface area contributed by atoms with Crippen molar-refractivity contribution in [3.05, 3.63) is 75.7 Å². The lowest BCUT2D eigenvalue weighted by atomic mass is 9.73. The number of nitrogens with one attached hydrogen (secondary N) is 1. The van der Waals surface area contributed by atoms with Crippen molar-refractivity contribution in [2.75, 3.05) is 11.1 Å². The average Bonchev–Trinajstić information content (AvgIpc) is 3.23. The molecule has 1 N–H and O–H groups in total. The van der Waals surface area contributed by atoms with E-state index in [9.17, 15) is 9.18 Å². The van der Waals surface area contributed by atoms with E-state index in [1.54, 1.807) is 23.9 Å². The van der Waals surface area contributed by atoms with Gasteiger partial charge in [0.05, 0.1) is 5.02 Å². The van der Waals surface area contributed by atoms with Gasteiger partial charge < -0.3 is 10.1 Å². The molecule has 0 saturated carbocycles. The number of fused-ring (bicyclic) bond motifs is 1. The first-order valence-electron chi connectivity index (χ1n) is 12.0. The van der Waals surface area contributed by atoms with Crippen molar-refractivity contribution in [2.45, 2.75) is 57.8 Å². The van der Waals surface area contributed by atoms with E-state index in [0.717, 1.165) is 35.4 Å². The number of Topliss-reactive ketones (excluding diaryl/α,β-unsaturated/α-hetero) is 1. The second kappa shape index (κ2) is 9.90. The van der Waals surface area contributed by atoms with Gasteiger partial charge in [-0.05, 0) is 48.1 Å². The Kier molecular flexibility index (Phi) is 6.83. The van der Waals surface area contributed by atoms with Gasteiger partial charge in [0, 0.05) is 29.0 Å². The highest BCUT2D eigenvalue weighted by molar-refractivity contribution is 7.99. The molecule has 1 aliphatic heterocycles. The first-order chi connectivity index (χ1) is 17.3. The molecule has 0 amide bonds. The Balaban J connectivity index is 1.46. The van der Waals surface area contributed by atoms with Gasteiger partial charge in [-0.25, -0.2) is 9.07 Å². The molecule has 1 aromatic heterocycles. The third kappa shape index (κ3) is 4.89. The second-order valence-corrected chi connectivity index (χ2v) is 11.4.